The van der Waals surface area contributed by atoms with Crippen LogP contribution < -0.4 is 5.32 Å². The SMILES string of the molecule is CC(=O)c1ccc(-c2ccc(C(=O)Nc3nc(-c4ccc(F)cc4)cs3)o2)cc1. The Labute approximate surface area is 169 Å². The highest BCUT2D eigenvalue weighted by atomic mass is 32.1. The molecule has 0 radical (unpaired) electrons. The van der Waals surface area contributed by atoms with Crippen molar-refractivity contribution in [3.63, 3.8) is 0 Å². The van der Waals surface area contributed by atoms with Crippen LogP contribution in [-0.4, -0.2) is 16.7 Å². The number of ketones is 1. The van der Waals surface area contributed by atoms with Crippen LogP contribution in [0.2, 0.25) is 0 Å². The number of halogens is 1. The molecule has 0 aliphatic carbocycles. The van der Waals surface area contributed by atoms with Gasteiger partial charge in [-0.3, -0.25) is 14.9 Å². The summed E-state index contributed by atoms with van der Waals surface area (Å²) in [5.74, 6) is -0.0799. The number of rotatable bonds is 5. The average Bonchev–Trinajstić information content (AvgIpc) is 3.38. The van der Waals surface area contributed by atoms with Crippen molar-refractivity contribution >= 4 is 28.2 Å². The molecule has 1 N–H and O–H groups in total. The minimum atomic E-state index is -0.420. The molecule has 0 bridgehead atoms. The first kappa shape index (κ1) is 18.8. The fourth-order valence-corrected chi connectivity index (χ4v) is 3.44. The number of hydrogen-bond acceptors (Lipinski definition) is 5. The Morgan fingerprint density at radius 3 is 2.34 bits per heavy atom. The van der Waals surface area contributed by atoms with E-state index >= 15 is 0 Å². The lowest BCUT2D eigenvalue weighted by Gasteiger charge is -2.00. The molecule has 29 heavy (non-hydrogen) atoms. The van der Waals surface area contributed by atoms with E-state index in [1.807, 2.05) is 0 Å². The molecule has 0 atom stereocenters. The van der Waals surface area contributed by atoms with Crippen molar-refractivity contribution in [2.75, 3.05) is 5.32 Å². The molecule has 0 fully saturated rings. The lowest BCUT2D eigenvalue weighted by Crippen LogP contribution is -2.10. The minimum absolute atomic E-state index is 0.0143. The summed E-state index contributed by atoms with van der Waals surface area (Å²) in [6.45, 7) is 1.50. The first-order valence-electron chi connectivity index (χ1n) is 8.73. The fourth-order valence-electron chi connectivity index (χ4n) is 2.73. The summed E-state index contributed by atoms with van der Waals surface area (Å²) in [7, 11) is 0. The molecule has 0 aliphatic rings. The van der Waals surface area contributed by atoms with Crippen LogP contribution in [0.3, 0.4) is 0 Å². The third-order valence-corrected chi connectivity index (χ3v) is 5.03. The third-order valence-electron chi connectivity index (χ3n) is 4.27. The number of amides is 1. The van der Waals surface area contributed by atoms with Gasteiger partial charge in [0.15, 0.2) is 16.7 Å². The number of Topliss-reactive ketones (excluding diaryl/α,β-unsaturated/α-hetero) is 1. The zero-order chi connectivity index (χ0) is 20.4. The molecular formula is C22H15FN2O3S. The van der Waals surface area contributed by atoms with E-state index in [1.165, 1.54) is 30.4 Å². The lowest BCUT2D eigenvalue weighted by atomic mass is 10.1. The number of benzene rings is 2. The third kappa shape index (κ3) is 4.14. The Bertz CT molecular complexity index is 1180. The molecule has 4 aromatic rings. The summed E-state index contributed by atoms with van der Waals surface area (Å²) in [4.78, 5) is 28.2. The van der Waals surface area contributed by atoms with Gasteiger partial charge >= 0.3 is 0 Å². The first-order valence-corrected chi connectivity index (χ1v) is 9.61. The summed E-state index contributed by atoms with van der Waals surface area (Å²) < 4.78 is 18.7. The average molecular weight is 406 g/mol. The quantitative estimate of drug-likeness (QED) is 0.434. The van der Waals surface area contributed by atoms with Crippen LogP contribution in [-0.2, 0) is 0 Å². The molecular weight excluding hydrogens is 391 g/mol. The van der Waals surface area contributed by atoms with E-state index in [4.69, 9.17) is 4.42 Å². The summed E-state index contributed by atoms with van der Waals surface area (Å²) >= 11 is 1.27. The minimum Gasteiger partial charge on any atom is -0.451 e. The van der Waals surface area contributed by atoms with Crippen molar-refractivity contribution in [1.82, 2.24) is 4.98 Å². The number of aromatic nitrogens is 1. The maximum Gasteiger partial charge on any atom is 0.293 e. The van der Waals surface area contributed by atoms with Crippen LogP contribution >= 0.6 is 11.3 Å². The van der Waals surface area contributed by atoms with Crippen LogP contribution in [0.1, 0.15) is 27.8 Å². The highest BCUT2D eigenvalue weighted by Crippen LogP contribution is 2.27. The number of nitrogens with zero attached hydrogens (tertiary/aromatic N) is 1. The second-order valence-electron chi connectivity index (χ2n) is 6.30. The highest BCUT2D eigenvalue weighted by molar-refractivity contribution is 7.14. The molecule has 4 rings (SSSR count). The molecule has 2 aromatic heterocycles. The normalized spacial score (nSPS) is 10.7. The van der Waals surface area contributed by atoms with E-state index in [0.29, 0.717) is 22.1 Å². The predicted molar refractivity (Wildman–Crippen MR) is 110 cm³/mol. The van der Waals surface area contributed by atoms with E-state index in [-0.39, 0.29) is 17.4 Å². The molecule has 0 aliphatic heterocycles. The van der Waals surface area contributed by atoms with Crippen molar-refractivity contribution < 1.29 is 18.4 Å². The Morgan fingerprint density at radius 2 is 1.66 bits per heavy atom. The number of hydrogen-bond donors (Lipinski definition) is 1. The molecule has 2 heterocycles. The number of nitrogens with one attached hydrogen (secondary N) is 1. The summed E-state index contributed by atoms with van der Waals surface area (Å²) in [6, 6.07) is 16.2. The number of carbonyl (C=O) groups excluding carboxylic acids is 2. The van der Waals surface area contributed by atoms with Crippen molar-refractivity contribution in [3.05, 3.63) is 83.2 Å². The van der Waals surface area contributed by atoms with Crippen LogP contribution in [0.5, 0.6) is 0 Å². The molecule has 0 spiro atoms. The summed E-state index contributed by atoms with van der Waals surface area (Å²) in [5, 5.41) is 4.90. The van der Waals surface area contributed by atoms with E-state index in [0.717, 1.165) is 11.1 Å². The number of carbonyl (C=O) groups is 2. The predicted octanol–water partition coefficient (Wildman–Crippen LogP) is 5.66. The number of furan rings is 1. The Hall–Kier alpha value is -3.58. The largest absolute Gasteiger partial charge is 0.451 e. The monoisotopic (exact) mass is 406 g/mol. The van der Waals surface area contributed by atoms with Gasteiger partial charge in [0.1, 0.15) is 11.6 Å². The van der Waals surface area contributed by atoms with E-state index in [2.05, 4.69) is 10.3 Å². The fraction of sp³-hybridized carbons (Fsp3) is 0.0455. The highest BCUT2D eigenvalue weighted by Gasteiger charge is 2.15. The maximum absolute atomic E-state index is 13.0. The molecule has 5 nitrogen and oxygen atoms in total. The molecule has 7 heteroatoms. The van der Waals surface area contributed by atoms with Crippen molar-refractivity contribution in [1.29, 1.82) is 0 Å². The molecule has 0 saturated carbocycles. The van der Waals surface area contributed by atoms with Gasteiger partial charge < -0.3 is 4.42 Å². The Kier molecular flexibility index (Phi) is 5.05. The summed E-state index contributed by atoms with van der Waals surface area (Å²) in [6.07, 6.45) is 0. The summed E-state index contributed by atoms with van der Waals surface area (Å²) in [5.41, 5.74) is 2.79. The number of anilines is 1. The van der Waals surface area contributed by atoms with Gasteiger partial charge in [-0.05, 0) is 43.3 Å². The van der Waals surface area contributed by atoms with Crippen LogP contribution in [0.25, 0.3) is 22.6 Å². The van der Waals surface area contributed by atoms with Gasteiger partial charge in [-0.1, -0.05) is 24.3 Å². The zero-order valence-electron chi connectivity index (χ0n) is 15.3. The van der Waals surface area contributed by atoms with Crippen molar-refractivity contribution in [2.45, 2.75) is 6.92 Å². The van der Waals surface area contributed by atoms with Gasteiger partial charge in [0, 0.05) is 22.1 Å². The van der Waals surface area contributed by atoms with Crippen LogP contribution in [0.4, 0.5) is 9.52 Å². The Morgan fingerprint density at radius 1 is 0.966 bits per heavy atom. The van der Waals surface area contributed by atoms with Crippen molar-refractivity contribution in [2.24, 2.45) is 0 Å². The molecule has 144 valence electrons. The molecule has 0 unspecified atom stereocenters. The van der Waals surface area contributed by atoms with Gasteiger partial charge in [0.05, 0.1) is 5.69 Å². The topological polar surface area (TPSA) is 72.2 Å². The van der Waals surface area contributed by atoms with E-state index < -0.39 is 5.91 Å². The standard InChI is InChI=1S/C22H15FN2O3S/c1-13(26)14-2-4-16(5-3-14)19-10-11-20(28-19)21(27)25-22-24-18(12-29-22)15-6-8-17(23)9-7-15/h2-12H,1H3,(H,24,25,27). The lowest BCUT2D eigenvalue weighted by molar-refractivity contribution is 0.0994. The first-order chi connectivity index (χ1) is 14.0. The maximum atomic E-state index is 13.0. The molecule has 1 amide bonds. The van der Waals surface area contributed by atoms with Crippen LogP contribution in [0, 0.1) is 5.82 Å². The second kappa shape index (κ2) is 7.81. The van der Waals surface area contributed by atoms with Crippen LogP contribution in [0.15, 0.2) is 70.5 Å². The van der Waals surface area contributed by atoms with E-state index in [9.17, 15) is 14.0 Å². The zero-order valence-corrected chi connectivity index (χ0v) is 16.1. The van der Waals surface area contributed by atoms with Gasteiger partial charge in [0.25, 0.3) is 5.91 Å². The van der Waals surface area contributed by atoms with Gasteiger partial charge in [-0.2, -0.15) is 0 Å². The van der Waals surface area contributed by atoms with Gasteiger partial charge in [-0.15, -0.1) is 11.3 Å². The van der Waals surface area contributed by atoms with Crippen molar-refractivity contribution in [3.8, 4) is 22.6 Å². The smallest absolute Gasteiger partial charge is 0.293 e. The van der Waals surface area contributed by atoms with Gasteiger partial charge in [0.2, 0.25) is 0 Å². The number of thiazole rings is 1. The second-order valence-corrected chi connectivity index (χ2v) is 7.15. The Balaban J connectivity index is 1.47. The van der Waals surface area contributed by atoms with E-state index in [1.54, 1.807) is 53.9 Å². The molecule has 0 saturated heterocycles. The molecule has 2 aromatic carbocycles. The van der Waals surface area contributed by atoms with Gasteiger partial charge in [-0.25, -0.2) is 9.37 Å².